The third kappa shape index (κ3) is 19.7. The van der Waals surface area contributed by atoms with Crippen molar-refractivity contribution in [1.29, 1.82) is 0 Å². The molecule has 0 amide bonds. The normalized spacial score (nSPS) is 10.6. The predicted octanol–water partition coefficient (Wildman–Crippen LogP) is 2.65. The minimum Gasteiger partial charge on any atom is -1.00 e. The van der Waals surface area contributed by atoms with Crippen LogP contribution in [-0.2, 0) is 28.7 Å². The fourth-order valence-electron chi connectivity index (χ4n) is 4.03. The average Bonchev–Trinajstić information content (AvgIpc) is 3.74. The third-order valence-electron chi connectivity index (χ3n) is 6.42. The Balaban J connectivity index is 0. The zero-order chi connectivity index (χ0) is 40.3. The van der Waals surface area contributed by atoms with Crippen LogP contribution in [0.4, 0.5) is 0 Å². The van der Waals surface area contributed by atoms with Gasteiger partial charge in [0.15, 0.2) is 23.4 Å². The first-order valence-corrected chi connectivity index (χ1v) is 17.2. The molecular formula is C38H39Cl3K2N2O13. The van der Waals surface area contributed by atoms with Crippen molar-refractivity contribution in [1.82, 2.24) is 9.97 Å². The molecule has 0 saturated carbocycles. The van der Waals surface area contributed by atoms with Crippen molar-refractivity contribution < 1.29 is 166 Å². The molecule has 0 spiro atoms. The number of phenols is 1. The summed E-state index contributed by atoms with van der Waals surface area (Å²) >= 11 is 17.1. The summed E-state index contributed by atoms with van der Waals surface area (Å²) in [7, 11) is 0. The van der Waals surface area contributed by atoms with Gasteiger partial charge in [-0.05, 0) is 112 Å². The van der Waals surface area contributed by atoms with Crippen LogP contribution in [-0.4, -0.2) is 58.9 Å². The van der Waals surface area contributed by atoms with E-state index in [4.69, 9.17) is 82.5 Å². The molecule has 0 radical (unpaired) electrons. The number of rotatable bonds is 11. The topological polar surface area (TPSA) is 202 Å². The van der Waals surface area contributed by atoms with Crippen LogP contribution in [0.1, 0.15) is 36.5 Å². The number of nitrogens with zero attached hydrogens (tertiary/aromatic N) is 2. The second-order valence-corrected chi connectivity index (χ2v) is 11.7. The van der Waals surface area contributed by atoms with E-state index in [1.807, 2.05) is 0 Å². The second kappa shape index (κ2) is 29.7. The zero-order valence-electron chi connectivity index (χ0n) is 32.6. The SMILES string of the molecule is C.CCOC(=O)C(C)Oc1ccc(O)cc1.CCOC(=O)C(C)Oc1ccc(Oc2nc3ccc(Cl)cc3o2)cc1.Clc1ccc2nc(Cl)oc2c1.O=CO[O-].[H-].[K+].[K+]. The first-order chi connectivity index (χ1) is 26.3. The largest absolute Gasteiger partial charge is 1.00 e. The first-order valence-electron chi connectivity index (χ1n) is 16.1. The molecular weight excluding hydrogens is 877 g/mol. The number of hydrogen-bond donors (Lipinski definition) is 1. The molecule has 0 aliphatic rings. The van der Waals surface area contributed by atoms with Gasteiger partial charge < -0.3 is 49.2 Å². The Morgan fingerprint density at radius 3 is 1.60 bits per heavy atom. The standard InChI is InChI=1S/C18H16ClNO5.C11H14O4.C7H3Cl2NO.CH2O3.CH4.2K.H/c1-3-22-17(21)11(2)23-13-5-7-14(8-6-13)24-18-20-15-9-4-12(19)10-16(15)25-18;1-3-14-11(13)8(2)15-10-6-4-9(12)5-7-10;8-4-1-2-5-6(3-4)11-7(9)10-5;2-1-4-3;;;;/h4-11H,3H2,1-2H3;4-8,12H,3H2,1-2H3;1-3H;1,3H;1H4;;;/q;;;;;2*+1;-1/p-1. The Bertz CT molecular complexity index is 2130. The number of ether oxygens (including phenoxy) is 5. The van der Waals surface area contributed by atoms with Gasteiger partial charge in [0.1, 0.15) is 34.0 Å². The van der Waals surface area contributed by atoms with E-state index in [0.717, 1.165) is 5.52 Å². The Kier molecular flexibility index (Phi) is 28.4. The average molecular weight is 916 g/mol. The number of oxazole rings is 2. The summed E-state index contributed by atoms with van der Waals surface area (Å²) in [6.45, 7) is 7.20. The Morgan fingerprint density at radius 1 is 0.741 bits per heavy atom. The molecule has 2 heterocycles. The number of carbonyl (C=O) groups is 3. The maximum Gasteiger partial charge on any atom is 1.00 e. The van der Waals surface area contributed by atoms with Gasteiger partial charge in [0.25, 0.3) is 11.8 Å². The summed E-state index contributed by atoms with van der Waals surface area (Å²) < 4.78 is 36.6. The molecule has 1 N–H and O–H groups in total. The molecule has 0 bridgehead atoms. The van der Waals surface area contributed by atoms with E-state index in [0.29, 0.717) is 57.2 Å². The number of aromatic nitrogens is 2. The van der Waals surface area contributed by atoms with Crippen molar-refractivity contribution in [3.8, 4) is 29.1 Å². The van der Waals surface area contributed by atoms with Crippen molar-refractivity contribution in [2.24, 2.45) is 0 Å². The molecule has 2 aromatic heterocycles. The summed E-state index contributed by atoms with van der Waals surface area (Å²) in [5.74, 6) is 0.920. The maximum atomic E-state index is 11.6. The van der Waals surface area contributed by atoms with Crippen LogP contribution < -0.4 is 122 Å². The Labute approximate surface area is 435 Å². The van der Waals surface area contributed by atoms with Gasteiger partial charge in [-0.15, -0.1) is 0 Å². The van der Waals surface area contributed by atoms with Crippen LogP contribution in [0.15, 0.2) is 93.8 Å². The minimum atomic E-state index is -0.687. The molecule has 0 aliphatic carbocycles. The van der Waals surface area contributed by atoms with Crippen LogP contribution in [0.25, 0.3) is 22.2 Å². The number of benzene rings is 4. The Morgan fingerprint density at radius 2 is 1.16 bits per heavy atom. The van der Waals surface area contributed by atoms with E-state index >= 15 is 0 Å². The zero-order valence-corrected chi connectivity index (χ0v) is 40.1. The van der Waals surface area contributed by atoms with E-state index < -0.39 is 24.1 Å². The smallest absolute Gasteiger partial charge is 1.00 e. The van der Waals surface area contributed by atoms with Gasteiger partial charge >= 0.3 is 121 Å². The molecule has 0 fully saturated rings. The minimum absolute atomic E-state index is 0. The van der Waals surface area contributed by atoms with Gasteiger partial charge in [0.05, 0.1) is 13.2 Å². The summed E-state index contributed by atoms with van der Waals surface area (Å²) in [5, 5.41) is 18.8. The van der Waals surface area contributed by atoms with Crippen molar-refractivity contribution in [2.45, 2.75) is 47.3 Å². The quantitative estimate of drug-likeness (QED) is 0.0653. The maximum absolute atomic E-state index is 11.6. The van der Waals surface area contributed by atoms with Gasteiger partial charge in [-0.3, -0.25) is 4.79 Å². The van der Waals surface area contributed by atoms with Crippen molar-refractivity contribution in [2.75, 3.05) is 13.2 Å². The van der Waals surface area contributed by atoms with Crippen LogP contribution in [0.5, 0.6) is 29.1 Å². The third-order valence-corrected chi connectivity index (χ3v) is 7.05. The van der Waals surface area contributed by atoms with Crippen LogP contribution in [0, 0.1) is 0 Å². The van der Waals surface area contributed by atoms with Crippen molar-refractivity contribution >= 4 is 75.4 Å². The van der Waals surface area contributed by atoms with Crippen LogP contribution in [0.2, 0.25) is 15.4 Å². The molecule has 2 unspecified atom stereocenters. The first kappa shape index (κ1) is 55.5. The number of aromatic hydroxyl groups is 1. The molecule has 302 valence electrons. The number of carbonyl (C=O) groups excluding carboxylic acids is 3. The number of halogens is 3. The molecule has 15 nitrogen and oxygen atoms in total. The monoisotopic (exact) mass is 914 g/mol. The molecule has 6 rings (SSSR count). The summed E-state index contributed by atoms with van der Waals surface area (Å²) in [5.41, 5.74) is 2.54. The fourth-order valence-corrected chi connectivity index (χ4v) is 4.53. The number of phenolic OH excluding ortho intramolecular Hbond substituents is 1. The molecule has 0 saturated heterocycles. The predicted molar refractivity (Wildman–Crippen MR) is 206 cm³/mol. The van der Waals surface area contributed by atoms with Gasteiger partial charge in [-0.25, -0.2) is 9.59 Å². The Hall–Kier alpha value is -2.47. The molecule has 4 aromatic carbocycles. The van der Waals surface area contributed by atoms with E-state index in [2.05, 4.69) is 14.9 Å². The fraction of sp³-hybridized carbons (Fsp3) is 0.237. The molecule has 0 aliphatic heterocycles. The molecule has 58 heavy (non-hydrogen) atoms. The number of esters is 2. The summed E-state index contributed by atoms with van der Waals surface area (Å²) in [6, 6.07) is 23.2. The molecule has 2 atom stereocenters. The number of fused-ring (bicyclic) bond motifs is 2. The molecule has 20 heteroatoms. The van der Waals surface area contributed by atoms with Gasteiger partial charge in [0, 0.05) is 22.2 Å². The second-order valence-electron chi connectivity index (χ2n) is 10.5. The van der Waals surface area contributed by atoms with Gasteiger partial charge in [0.2, 0.25) is 0 Å². The van der Waals surface area contributed by atoms with Crippen LogP contribution in [0.3, 0.4) is 0 Å². The van der Waals surface area contributed by atoms with Gasteiger partial charge in [-0.2, -0.15) is 9.97 Å². The van der Waals surface area contributed by atoms with Crippen LogP contribution >= 0.6 is 34.8 Å². The van der Waals surface area contributed by atoms with E-state index in [-0.39, 0.29) is 135 Å². The van der Waals surface area contributed by atoms with Crippen molar-refractivity contribution in [3.05, 3.63) is 100 Å². The van der Waals surface area contributed by atoms with Gasteiger partial charge in [-0.1, -0.05) is 30.6 Å². The van der Waals surface area contributed by atoms with Crippen molar-refractivity contribution in [3.63, 3.8) is 0 Å². The molecule has 6 aromatic rings. The van der Waals surface area contributed by atoms with E-state index in [1.54, 1.807) is 100 Å². The summed E-state index contributed by atoms with van der Waals surface area (Å²) in [6.07, 6.45) is -1.21. The van der Waals surface area contributed by atoms with E-state index in [9.17, 15) is 9.59 Å². The summed E-state index contributed by atoms with van der Waals surface area (Å²) in [4.78, 5) is 42.1. The van der Waals surface area contributed by atoms with E-state index in [1.165, 1.54) is 12.1 Å². The number of hydrogen-bond acceptors (Lipinski definition) is 15.